The molecule has 0 saturated heterocycles. The summed E-state index contributed by atoms with van der Waals surface area (Å²) in [6.45, 7) is 2.01. The summed E-state index contributed by atoms with van der Waals surface area (Å²) in [7, 11) is 1.81. The molecule has 15 heavy (non-hydrogen) atoms. The molecule has 0 unspecified atom stereocenters. The smallest absolute Gasteiger partial charge is 0.0671 e. The van der Waals surface area contributed by atoms with Crippen molar-refractivity contribution in [2.24, 2.45) is 4.99 Å². The maximum atomic E-state index is 4.20. The van der Waals surface area contributed by atoms with Gasteiger partial charge in [-0.1, -0.05) is 30.3 Å². The average molecular weight is 198 g/mol. The van der Waals surface area contributed by atoms with E-state index in [1.165, 1.54) is 11.1 Å². The Labute approximate surface area is 89.7 Å². The molecule has 0 aliphatic rings. The minimum absolute atomic E-state index is 1.03. The SMILES string of the molecule is CN=C(C)c1[nH]ccc1-c1ccccc1. The summed E-state index contributed by atoms with van der Waals surface area (Å²) in [6.07, 6.45) is 1.95. The summed E-state index contributed by atoms with van der Waals surface area (Å²) in [5.74, 6) is 0. The summed E-state index contributed by atoms with van der Waals surface area (Å²) in [5, 5.41) is 0. The Morgan fingerprint density at radius 1 is 1.13 bits per heavy atom. The van der Waals surface area contributed by atoms with Crippen molar-refractivity contribution < 1.29 is 0 Å². The van der Waals surface area contributed by atoms with Gasteiger partial charge in [0, 0.05) is 18.8 Å². The van der Waals surface area contributed by atoms with Crippen LogP contribution in [0.5, 0.6) is 0 Å². The molecule has 0 aliphatic carbocycles. The average Bonchev–Trinajstić information content (AvgIpc) is 2.78. The van der Waals surface area contributed by atoms with Crippen LogP contribution >= 0.6 is 0 Å². The maximum absolute atomic E-state index is 4.20. The van der Waals surface area contributed by atoms with Gasteiger partial charge in [-0.2, -0.15) is 0 Å². The summed E-state index contributed by atoms with van der Waals surface area (Å²) < 4.78 is 0. The first-order valence-corrected chi connectivity index (χ1v) is 4.99. The van der Waals surface area contributed by atoms with Crippen LogP contribution < -0.4 is 0 Å². The van der Waals surface area contributed by atoms with Gasteiger partial charge in [-0.25, -0.2) is 0 Å². The van der Waals surface area contributed by atoms with Crippen LogP contribution in [-0.2, 0) is 0 Å². The molecule has 0 atom stereocenters. The van der Waals surface area contributed by atoms with Crippen molar-refractivity contribution in [3.63, 3.8) is 0 Å². The summed E-state index contributed by atoms with van der Waals surface area (Å²) >= 11 is 0. The third kappa shape index (κ3) is 1.84. The van der Waals surface area contributed by atoms with E-state index < -0.39 is 0 Å². The van der Waals surface area contributed by atoms with E-state index in [0.717, 1.165) is 11.4 Å². The van der Waals surface area contributed by atoms with Gasteiger partial charge in [0.25, 0.3) is 0 Å². The number of hydrogen-bond acceptors (Lipinski definition) is 1. The number of nitrogens with one attached hydrogen (secondary N) is 1. The molecule has 2 rings (SSSR count). The van der Waals surface area contributed by atoms with Crippen LogP contribution in [-0.4, -0.2) is 17.7 Å². The molecule has 1 N–H and O–H groups in total. The minimum atomic E-state index is 1.03. The first-order chi connectivity index (χ1) is 7.33. The number of nitrogens with zero attached hydrogens (tertiary/aromatic N) is 1. The number of aromatic nitrogens is 1. The Kier molecular flexibility index (Phi) is 2.68. The monoisotopic (exact) mass is 198 g/mol. The topological polar surface area (TPSA) is 28.1 Å². The molecular weight excluding hydrogens is 184 g/mol. The molecule has 2 aromatic rings. The van der Waals surface area contributed by atoms with E-state index in [9.17, 15) is 0 Å². The molecule has 0 bridgehead atoms. The molecule has 0 aliphatic heterocycles. The second-order valence-electron chi connectivity index (χ2n) is 3.44. The molecule has 0 fully saturated rings. The molecular formula is C13H14N2. The van der Waals surface area contributed by atoms with Gasteiger partial charge >= 0.3 is 0 Å². The van der Waals surface area contributed by atoms with Crippen LogP contribution in [0.25, 0.3) is 11.1 Å². The Bertz CT molecular complexity index is 466. The maximum Gasteiger partial charge on any atom is 0.0671 e. The van der Waals surface area contributed by atoms with Crippen LogP contribution in [0.3, 0.4) is 0 Å². The fourth-order valence-electron chi connectivity index (χ4n) is 1.64. The van der Waals surface area contributed by atoms with Gasteiger partial charge in [0.05, 0.1) is 11.4 Å². The summed E-state index contributed by atoms with van der Waals surface area (Å²) in [6, 6.07) is 12.4. The van der Waals surface area contributed by atoms with Gasteiger partial charge in [0.15, 0.2) is 0 Å². The number of rotatable bonds is 2. The van der Waals surface area contributed by atoms with Crippen LogP contribution in [0.1, 0.15) is 12.6 Å². The van der Waals surface area contributed by atoms with E-state index in [0.29, 0.717) is 0 Å². The van der Waals surface area contributed by atoms with Gasteiger partial charge in [-0.05, 0) is 18.6 Å². The molecule has 2 nitrogen and oxygen atoms in total. The number of aromatic amines is 1. The molecule has 2 heteroatoms. The van der Waals surface area contributed by atoms with Gasteiger partial charge < -0.3 is 4.98 Å². The fraction of sp³-hybridized carbons (Fsp3) is 0.154. The van der Waals surface area contributed by atoms with E-state index in [2.05, 4.69) is 28.2 Å². The predicted molar refractivity (Wildman–Crippen MR) is 64.4 cm³/mol. The Morgan fingerprint density at radius 2 is 1.87 bits per heavy atom. The first-order valence-electron chi connectivity index (χ1n) is 4.99. The molecule has 0 saturated carbocycles. The zero-order valence-electron chi connectivity index (χ0n) is 8.99. The highest BCUT2D eigenvalue weighted by Crippen LogP contribution is 2.22. The first kappa shape index (κ1) is 9.71. The van der Waals surface area contributed by atoms with Crippen LogP contribution in [0.2, 0.25) is 0 Å². The zero-order valence-corrected chi connectivity index (χ0v) is 8.99. The highest BCUT2D eigenvalue weighted by molar-refractivity contribution is 6.02. The van der Waals surface area contributed by atoms with E-state index in [-0.39, 0.29) is 0 Å². The quantitative estimate of drug-likeness (QED) is 0.718. The van der Waals surface area contributed by atoms with Crippen molar-refractivity contribution >= 4 is 5.71 Å². The third-order valence-electron chi connectivity index (χ3n) is 2.53. The highest BCUT2D eigenvalue weighted by atomic mass is 14.8. The van der Waals surface area contributed by atoms with Crippen molar-refractivity contribution in [3.05, 3.63) is 48.3 Å². The molecule has 0 amide bonds. The van der Waals surface area contributed by atoms with Gasteiger partial charge in [-0.15, -0.1) is 0 Å². The Hall–Kier alpha value is -1.83. The number of aliphatic imine (C=N–C) groups is 1. The molecule has 1 heterocycles. The minimum Gasteiger partial charge on any atom is -0.360 e. The third-order valence-corrected chi connectivity index (χ3v) is 2.53. The second kappa shape index (κ2) is 4.13. The van der Waals surface area contributed by atoms with E-state index in [1.54, 1.807) is 0 Å². The van der Waals surface area contributed by atoms with E-state index in [4.69, 9.17) is 0 Å². The standard InChI is InChI=1S/C13H14N2/c1-10(14-2)13-12(8-9-15-13)11-6-4-3-5-7-11/h3-9,15H,1-2H3. The van der Waals surface area contributed by atoms with E-state index >= 15 is 0 Å². The Balaban J connectivity index is 2.51. The molecule has 1 aromatic carbocycles. The van der Waals surface area contributed by atoms with Crippen molar-refractivity contribution in [2.45, 2.75) is 6.92 Å². The molecule has 0 spiro atoms. The molecule has 76 valence electrons. The summed E-state index contributed by atoms with van der Waals surface area (Å²) in [5.41, 5.74) is 4.55. The number of benzene rings is 1. The second-order valence-corrected chi connectivity index (χ2v) is 3.44. The van der Waals surface area contributed by atoms with Crippen LogP contribution in [0.15, 0.2) is 47.6 Å². The van der Waals surface area contributed by atoms with Gasteiger partial charge in [0.2, 0.25) is 0 Å². The molecule has 1 aromatic heterocycles. The van der Waals surface area contributed by atoms with Crippen molar-refractivity contribution in [3.8, 4) is 11.1 Å². The van der Waals surface area contributed by atoms with Crippen molar-refractivity contribution in [1.29, 1.82) is 0 Å². The summed E-state index contributed by atoms with van der Waals surface area (Å²) in [4.78, 5) is 7.43. The lowest BCUT2D eigenvalue weighted by molar-refractivity contribution is 1.32. The lowest BCUT2D eigenvalue weighted by Crippen LogP contribution is -1.96. The number of hydrogen-bond donors (Lipinski definition) is 1. The van der Waals surface area contributed by atoms with Crippen molar-refractivity contribution in [2.75, 3.05) is 7.05 Å². The van der Waals surface area contributed by atoms with Crippen molar-refractivity contribution in [1.82, 2.24) is 4.98 Å². The highest BCUT2D eigenvalue weighted by Gasteiger charge is 2.07. The zero-order chi connectivity index (χ0) is 10.7. The van der Waals surface area contributed by atoms with Gasteiger partial charge in [0.1, 0.15) is 0 Å². The fourth-order valence-corrected chi connectivity index (χ4v) is 1.64. The normalized spacial score (nSPS) is 11.7. The predicted octanol–water partition coefficient (Wildman–Crippen LogP) is 3.12. The lowest BCUT2D eigenvalue weighted by Gasteiger charge is -2.03. The largest absolute Gasteiger partial charge is 0.360 e. The molecule has 0 radical (unpaired) electrons. The lowest BCUT2D eigenvalue weighted by atomic mass is 10.0. The van der Waals surface area contributed by atoms with E-state index in [1.807, 2.05) is 38.4 Å². The van der Waals surface area contributed by atoms with Crippen LogP contribution in [0.4, 0.5) is 0 Å². The number of H-pyrrole nitrogens is 1. The van der Waals surface area contributed by atoms with Crippen LogP contribution in [0, 0.1) is 0 Å². The van der Waals surface area contributed by atoms with Gasteiger partial charge in [-0.3, -0.25) is 4.99 Å². The Morgan fingerprint density at radius 3 is 2.53 bits per heavy atom.